The van der Waals surface area contributed by atoms with Crippen molar-refractivity contribution >= 4 is 11.6 Å². The van der Waals surface area contributed by atoms with Crippen molar-refractivity contribution in [1.29, 1.82) is 0 Å². The number of methoxy groups -OCH3 is 3. The maximum atomic E-state index is 12.9. The van der Waals surface area contributed by atoms with Gasteiger partial charge in [0.05, 0.1) is 32.3 Å². The van der Waals surface area contributed by atoms with Gasteiger partial charge in [0, 0.05) is 19.7 Å². The van der Waals surface area contributed by atoms with Crippen LogP contribution in [0.4, 0.5) is 14.5 Å². The highest BCUT2D eigenvalue weighted by Gasteiger charge is 2.28. The van der Waals surface area contributed by atoms with Crippen LogP contribution in [0.5, 0.6) is 23.0 Å². The fourth-order valence-corrected chi connectivity index (χ4v) is 2.75. The summed E-state index contributed by atoms with van der Waals surface area (Å²) in [5.74, 6) is -0.525. The number of alkyl halides is 2. The van der Waals surface area contributed by atoms with Crippen LogP contribution >= 0.6 is 0 Å². The Hall–Kier alpha value is -3.63. The molecule has 2 rings (SSSR count). The minimum atomic E-state index is -3.22. The van der Waals surface area contributed by atoms with Gasteiger partial charge in [-0.3, -0.25) is 14.9 Å². The molecule has 0 heterocycles. The smallest absolute Gasteiger partial charge is 0.387 e. The predicted molar refractivity (Wildman–Crippen MR) is 102 cm³/mol. The minimum absolute atomic E-state index is 0.0912. The SMILES string of the molecule is COc1ccc(CN(C)C(=O)c2cc(OC)c(OC(F)F)cc2[N+](=O)[O-])cc1OC. The van der Waals surface area contributed by atoms with Crippen LogP contribution in [0.25, 0.3) is 0 Å². The van der Waals surface area contributed by atoms with Crippen LogP contribution in [-0.2, 0) is 6.54 Å². The molecule has 0 fully saturated rings. The molecule has 1 amide bonds. The van der Waals surface area contributed by atoms with Crippen molar-refractivity contribution in [2.45, 2.75) is 13.2 Å². The lowest BCUT2D eigenvalue weighted by molar-refractivity contribution is -0.385. The van der Waals surface area contributed by atoms with Crippen LogP contribution in [0.15, 0.2) is 30.3 Å². The van der Waals surface area contributed by atoms with E-state index in [1.807, 2.05) is 0 Å². The molecular weight excluding hydrogens is 406 g/mol. The second kappa shape index (κ2) is 9.72. The van der Waals surface area contributed by atoms with E-state index < -0.39 is 28.9 Å². The summed E-state index contributed by atoms with van der Waals surface area (Å²) in [7, 11) is 5.57. The Morgan fingerprint density at radius 2 is 1.63 bits per heavy atom. The number of hydrogen-bond acceptors (Lipinski definition) is 7. The molecule has 0 atom stereocenters. The number of benzene rings is 2. The molecule has 0 unspecified atom stereocenters. The Bertz CT molecular complexity index is 937. The minimum Gasteiger partial charge on any atom is -0.493 e. The van der Waals surface area contributed by atoms with Gasteiger partial charge in [-0.2, -0.15) is 8.78 Å². The molecular formula is C19H20F2N2O7. The number of carbonyl (C=O) groups is 1. The van der Waals surface area contributed by atoms with Crippen molar-refractivity contribution < 1.29 is 37.4 Å². The van der Waals surface area contributed by atoms with E-state index in [1.54, 1.807) is 18.2 Å². The van der Waals surface area contributed by atoms with E-state index in [9.17, 15) is 23.7 Å². The van der Waals surface area contributed by atoms with Crippen LogP contribution in [0.3, 0.4) is 0 Å². The molecule has 162 valence electrons. The van der Waals surface area contributed by atoms with E-state index in [2.05, 4.69) is 4.74 Å². The van der Waals surface area contributed by atoms with Crippen molar-refractivity contribution in [1.82, 2.24) is 4.90 Å². The Kier molecular flexibility index (Phi) is 7.34. The monoisotopic (exact) mass is 426 g/mol. The summed E-state index contributed by atoms with van der Waals surface area (Å²) in [5, 5.41) is 11.4. The fourth-order valence-electron chi connectivity index (χ4n) is 2.75. The maximum Gasteiger partial charge on any atom is 0.387 e. The van der Waals surface area contributed by atoms with Gasteiger partial charge in [-0.05, 0) is 17.7 Å². The van der Waals surface area contributed by atoms with Crippen molar-refractivity contribution in [2.24, 2.45) is 0 Å². The van der Waals surface area contributed by atoms with E-state index in [1.165, 1.54) is 33.3 Å². The van der Waals surface area contributed by atoms with E-state index in [4.69, 9.17) is 14.2 Å². The Morgan fingerprint density at radius 1 is 1.03 bits per heavy atom. The van der Waals surface area contributed by atoms with Gasteiger partial charge in [-0.1, -0.05) is 6.07 Å². The van der Waals surface area contributed by atoms with Crippen LogP contribution in [0.2, 0.25) is 0 Å². The summed E-state index contributed by atoms with van der Waals surface area (Å²) < 4.78 is 44.7. The Morgan fingerprint density at radius 3 is 2.17 bits per heavy atom. The summed E-state index contributed by atoms with van der Waals surface area (Å²) in [4.78, 5) is 24.7. The average Bonchev–Trinajstić information content (AvgIpc) is 2.72. The molecule has 0 N–H and O–H groups in total. The average molecular weight is 426 g/mol. The lowest BCUT2D eigenvalue weighted by Crippen LogP contribution is -2.27. The van der Waals surface area contributed by atoms with Gasteiger partial charge in [-0.15, -0.1) is 0 Å². The van der Waals surface area contributed by atoms with Crippen LogP contribution in [0.1, 0.15) is 15.9 Å². The van der Waals surface area contributed by atoms with E-state index in [0.717, 1.165) is 12.1 Å². The molecule has 0 saturated heterocycles. The number of rotatable bonds is 9. The second-order valence-electron chi connectivity index (χ2n) is 6.01. The van der Waals surface area contributed by atoms with Gasteiger partial charge in [0.15, 0.2) is 23.0 Å². The predicted octanol–water partition coefficient (Wildman–Crippen LogP) is 3.49. The van der Waals surface area contributed by atoms with Gasteiger partial charge in [-0.25, -0.2) is 0 Å². The number of nitro benzene ring substituents is 1. The first kappa shape index (κ1) is 22.7. The van der Waals surface area contributed by atoms with Crippen molar-refractivity contribution in [3.8, 4) is 23.0 Å². The molecule has 0 aliphatic rings. The zero-order chi connectivity index (χ0) is 22.4. The summed E-state index contributed by atoms with van der Waals surface area (Å²) in [6.07, 6.45) is 0. The molecule has 30 heavy (non-hydrogen) atoms. The van der Waals surface area contributed by atoms with Crippen molar-refractivity contribution in [3.63, 3.8) is 0 Å². The summed E-state index contributed by atoms with van der Waals surface area (Å²) in [6, 6.07) is 6.77. The van der Waals surface area contributed by atoms with Crippen LogP contribution in [0, 0.1) is 10.1 Å². The Balaban J connectivity index is 2.37. The zero-order valence-corrected chi connectivity index (χ0v) is 16.7. The summed E-state index contributed by atoms with van der Waals surface area (Å²) in [6.45, 7) is -3.12. The number of nitro groups is 1. The van der Waals surface area contributed by atoms with E-state index >= 15 is 0 Å². The number of ether oxygens (including phenoxy) is 4. The fraction of sp³-hybridized carbons (Fsp3) is 0.316. The molecule has 0 saturated carbocycles. The van der Waals surface area contributed by atoms with Crippen molar-refractivity contribution in [3.05, 3.63) is 51.6 Å². The van der Waals surface area contributed by atoms with E-state index in [0.29, 0.717) is 17.1 Å². The van der Waals surface area contributed by atoms with Gasteiger partial charge < -0.3 is 23.8 Å². The molecule has 11 heteroatoms. The molecule has 9 nitrogen and oxygen atoms in total. The highest BCUT2D eigenvalue weighted by molar-refractivity contribution is 5.99. The zero-order valence-electron chi connectivity index (χ0n) is 16.7. The number of halogens is 2. The van der Waals surface area contributed by atoms with Gasteiger partial charge in [0.2, 0.25) is 0 Å². The van der Waals surface area contributed by atoms with E-state index in [-0.39, 0.29) is 17.9 Å². The lowest BCUT2D eigenvalue weighted by atomic mass is 10.1. The highest BCUT2D eigenvalue weighted by Crippen LogP contribution is 2.36. The molecule has 0 bridgehead atoms. The lowest BCUT2D eigenvalue weighted by Gasteiger charge is -2.19. The standard InChI is InChI=1S/C19H20F2N2O7/c1-22(10-11-5-6-14(27-2)15(7-11)28-3)18(24)12-8-16(29-4)17(30-19(20)21)9-13(12)23(25)26/h5-9,19H,10H2,1-4H3. The van der Waals surface area contributed by atoms with Gasteiger partial charge in [0.25, 0.3) is 11.6 Å². The van der Waals surface area contributed by atoms with Gasteiger partial charge >= 0.3 is 6.61 Å². The second-order valence-corrected chi connectivity index (χ2v) is 6.01. The number of hydrogen-bond donors (Lipinski definition) is 0. The third-order valence-corrected chi connectivity index (χ3v) is 4.14. The molecule has 0 aliphatic heterocycles. The Labute approximate surface area is 170 Å². The molecule has 2 aromatic carbocycles. The van der Waals surface area contributed by atoms with Crippen molar-refractivity contribution in [2.75, 3.05) is 28.4 Å². The highest BCUT2D eigenvalue weighted by atomic mass is 19.3. The quantitative estimate of drug-likeness (QED) is 0.447. The maximum absolute atomic E-state index is 12.9. The number of carbonyl (C=O) groups excluding carboxylic acids is 1. The number of nitrogens with zero attached hydrogens (tertiary/aromatic N) is 2. The van der Waals surface area contributed by atoms with Gasteiger partial charge in [0.1, 0.15) is 5.56 Å². The summed E-state index contributed by atoms with van der Waals surface area (Å²) in [5.41, 5.74) is -0.340. The molecule has 0 spiro atoms. The first-order valence-electron chi connectivity index (χ1n) is 8.49. The molecule has 0 aliphatic carbocycles. The first-order valence-corrected chi connectivity index (χ1v) is 8.49. The summed E-state index contributed by atoms with van der Waals surface area (Å²) >= 11 is 0. The molecule has 2 aromatic rings. The third kappa shape index (κ3) is 5.04. The molecule has 0 radical (unpaired) electrons. The third-order valence-electron chi connectivity index (χ3n) is 4.14. The van der Waals surface area contributed by atoms with Crippen LogP contribution < -0.4 is 18.9 Å². The largest absolute Gasteiger partial charge is 0.493 e. The number of amides is 1. The normalized spacial score (nSPS) is 10.5. The first-order chi connectivity index (χ1) is 14.2. The molecule has 0 aromatic heterocycles. The topological polar surface area (TPSA) is 100 Å². The van der Waals surface area contributed by atoms with Crippen LogP contribution in [-0.4, -0.2) is 50.7 Å².